The molecule has 0 aliphatic rings. The minimum absolute atomic E-state index is 0.0625. The van der Waals surface area contributed by atoms with E-state index < -0.39 is 11.9 Å². The summed E-state index contributed by atoms with van der Waals surface area (Å²) in [6.45, 7) is 1.62. The predicted molar refractivity (Wildman–Crippen MR) is 49.7 cm³/mol. The standard InChI is InChI=1S/C9H12FN3O/c1-6(11)9(14)13-5-8-7(10)3-2-4-12-8/h2-4,6H,5,11H2,1H3,(H,13,14)/t6-/m1/s1. The van der Waals surface area contributed by atoms with Crippen molar-refractivity contribution in [2.24, 2.45) is 5.73 Å². The van der Waals surface area contributed by atoms with Gasteiger partial charge in [0.1, 0.15) is 5.82 Å². The van der Waals surface area contributed by atoms with Crippen molar-refractivity contribution in [2.75, 3.05) is 0 Å². The number of pyridine rings is 1. The zero-order valence-electron chi connectivity index (χ0n) is 7.83. The van der Waals surface area contributed by atoms with Gasteiger partial charge in [-0.15, -0.1) is 0 Å². The highest BCUT2D eigenvalue weighted by atomic mass is 19.1. The average Bonchev–Trinajstić information content (AvgIpc) is 2.16. The fourth-order valence-corrected chi connectivity index (χ4v) is 0.880. The van der Waals surface area contributed by atoms with Crippen LogP contribution in [0.25, 0.3) is 0 Å². The fourth-order valence-electron chi connectivity index (χ4n) is 0.880. The first-order valence-corrected chi connectivity index (χ1v) is 4.24. The van der Waals surface area contributed by atoms with E-state index in [0.717, 1.165) is 0 Å². The van der Waals surface area contributed by atoms with Gasteiger partial charge in [0.25, 0.3) is 0 Å². The van der Waals surface area contributed by atoms with E-state index in [9.17, 15) is 9.18 Å². The quantitative estimate of drug-likeness (QED) is 0.726. The lowest BCUT2D eigenvalue weighted by atomic mass is 10.3. The average molecular weight is 197 g/mol. The Labute approximate surface area is 81.3 Å². The number of halogens is 1. The first kappa shape index (κ1) is 10.6. The molecule has 1 heterocycles. The van der Waals surface area contributed by atoms with Crippen LogP contribution < -0.4 is 11.1 Å². The van der Waals surface area contributed by atoms with Crippen molar-refractivity contribution < 1.29 is 9.18 Å². The Kier molecular flexibility index (Phi) is 3.53. The normalized spacial score (nSPS) is 12.2. The van der Waals surface area contributed by atoms with Crippen LogP contribution in [0.3, 0.4) is 0 Å². The largest absolute Gasteiger partial charge is 0.349 e. The van der Waals surface area contributed by atoms with E-state index in [0.29, 0.717) is 0 Å². The third-order valence-corrected chi connectivity index (χ3v) is 1.68. The molecule has 0 radical (unpaired) electrons. The molecule has 0 aromatic carbocycles. The summed E-state index contributed by atoms with van der Waals surface area (Å²) in [5.74, 6) is -0.757. The van der Waals surface area contributed by atoms with Gasteiger partial charge < -0.3 is 11.1 Å². The highest BCUT2D eigenvalue weighted by Gasteiger charge is 2.08. The van der Waals surface area contributed by atoms with Crippen molar-refractivity contribution in [1.29, 1.82) is 0 Å². The first-order chi connectivity index (χ1) is 6.61. The molecule has 0 saturated carbocycles. The Morgan fingerprint density at radius 3 is 3.07 bits per heavy atom. The van der Waals surface area contributed by atoms with Gasteiger partial charge in [-0.1, -0.05) is 0 Å². The second-order valence-corrected chi connectivity index (χ2v) is 2.94. The Bertz CT molecular complexity index is 328. The van der Waals surface area contributed by atoms with Crippen molar-refractivity contribution >= 4 is 5.91 Å². The lowest BCUT2D eigenvalue weighted by Gasteiger charge is -2.07. The van der Waals surface area contributed by atoms with Crippen LogP contribution in [0, 0.1) is 5.82 Å². The molecular weight excluding hydrogens is 185 g/mol. The maximum Gasteiger partial charge on any atom is 0.236 e. The third kappa shape index (κ3) is 2.77. The van der Waals surface area contributed by atoms with E-state index in [1.807, 2.05) is 0 Å². The van der Waals surface area contributed by atoms with Crippen molar-refractivity contribution in [1.82, 2.24) is 10.3 Å². The van der Waals surface area contributed by atoms with Crippen LogP contribution in [0.5, 0.6) is 0 Å². The van der Waals surface area contributed by atoms with Gasteiger partial charge >= 0.3 is 0 Å². The summed E-state index contributed by atoms with van der Waals surface area (Å²) in [6.07, 6.45) is 1.47. The molecule has 0 spiro atoms. The molecule has 3 N–H and O–H groups in total. The van der Waals surface area contributed by atoms with Crippen LogP contribution in [-0.2, 0) is 11.3 Å². The molecule has 1 aromatic rings. The number of aromatic nitrogens is 1. The van der Waals surface area contributed by atoms with E-state index >= 15 is 0 Å². The number of nitrogens with zero attached hydrogens (tertiary/aromatic N) is 1. The van der Waals surface area contributed by atoms with Gasteiger partial charge in [-0.3, -0.25) is 9.78 Å². The molecule has 4 nitrogen and oxygen atoms in total. The van der Waals surface area contributed by atoms with Crippen molar-refractivity contribution in [3.8, 4) is 0 Å². The summed E-state index contributed by atoms with van der Waals surface area (Å²) in [6, 6.07) is 2.19. The van der Waals surface area contributed by atoms with Gasteiger partial charge in [0, 0.05) is 6.20 Å². The molecule has 0 aliphatic carbocycles. The van der Waals surface area contributed by atoms with Crippen LogP contribution in [0.1, 0.15) is 12.6 Å². The smallest absolute Gasteiger partial charge is 0.236 e. The van der Waals surface area contributed by atoms with Gasteiger partial charge in [0.2, 0.25) is 5.91 Å². The molecule has 5 heteroatoms. The van der Waals surface area contributed by atoms with E-state index in [1.165, 1.54) is 18.3 Å². The molecule has 1 atom stereocenters. The molecule has 14 heavy (non-hydrogen) atoms. The molecule has 1 rings (SSSR count). The number of carbonyl (C=O) groups excluding carboxylic acids is 1. The van der Waals surface area contributed by atoms with Crippen LogP contribution in [-0.4, -0.2) is 16.9 Å². The van der Waals surface area contributed by atoms with Gasteiger partial charge in [0.15, 0.2) is 0 Å². The number of nitrogens with two attached hydrogens (primary N) is 1. The maximum absolute atomic E-state index is 13.0. The monoisotopic (exact) mass is 197 g/mol. The first-order valence-electron chi connectivity index (χ1n) is 4.24. The zero-order chi connectivity index (χ0) is 10.6. The predicted octanol–water partition coefficient (Wildman–Crippen LogP) is 0.184. The topological polar surface area (TPSA) is 68.0 Å². The van der Waals surface area contributed by atoms with Gasteiger partial charge in [-0.25, -0.2) is 4.39 Å². The minimum atomic E-state index is -0.596. The molecule has 0 aliphatic heterocycles. The van der Waals surface area contributed by atoms with Crippen LogP contribution in [0.2, 0.25) is 0 Å². The molecule has 0 unspecified atom stereocenters. The minimum Gasteiger partial charge on any atom is -0.349 e. The van der Waals surface area contributed by atoms with Gasteiger partial charge in [-0.05, 0) is 19.1 Å². The highest BCUT2D eigenvalue weighted by Crippen LogP contribution is 2.01. The number of hydrogen-bond acceptors (Lipinski definition) is 3. The Hall–Kier alpha value is -1.49. The number of amides is 1. The maximum atomic E-state index is 13.0. The summed E-state index contributed by atoms with van der Waals surface area (Å²) in [5, 5.41) is 2.47. The number of carbonyl (C=O) groups is 1. The highest BCUT2D eigenvalue weighted by molar-refractivity contribution is 5.80. The molecule has 1 amide bonds. The summed E-state index contributed by atoms with van der Waals surface area (Å²) >= 11 is 0. The van der Waals surface area contributed by atoms with Gasteiger partial charge in [-0.2, -0.15) is 0 Å². The second kappa shape index (κ2) is 4.66. The zero-order valence-corrected chi connectivity index (χ0v) is 7.83. The number of hydrogen-bond donors (Lipinski definition) is 2. The van der Waals surface area contributed by atoms with Crippen LogP contribution in [0.15, 0.2) is 18.3 Å². The molecule has 0 fully saturated rings. The van der Waals surface area contributed by atoms with E-state index in [1.54, 1.807) is 6.92 Å². The van der Waals surface area contributed by atoms with Crippen molar-refractivity contribution in [3.05, 3.63) is 29.8 Å². The second-order valence-electron chi connectivity index (χ2n) is 2.94. The molecule has 1 aromatic heterocycles. The van der Waals surface area contributed by atoms with E-state index in [4.69, 9.17) is 5.73 Å². The summed E-state index contributed by atoms with van der Waals surface area (Å²) in [5.41, 5.74) is 5.52. The Balaban J connectivity index is 2.54. The molecule has 0 bridgehead atoms. The van der Waals surface area contributed by atoms with E-state index in [-0.39, 0.29) is 18.1 Å². The molecule has 76 valence electrons. The Morgan fingerprint density at radius 2 is 2.50 bits per heavy atom. The Morgan fingerprint density at radius 1 is 1.79 bits per heavy atom. The lowest BCUT2D eigenvalue weighted by molar-refractivity contribution is -0.122. The summed E-state index contributed by atoms with van der Waals surface area (Å²) in [7, 11) is 0. The SMILES string of the molecule is C[C@@H](N)C(=O)NCc1ncccc1F. The number of nitrogens with one attached hydrogen (secondary N) is 1. The molecule has 0 saturated heterocycles. The lowest BCUT2D eigenvalue weighted by Crippen LogP contribution is -2.38. The molecular formula is C9H12FN3O. The summed E-state index contributed by atoms with van der Waals surface area (Å²) in [4.78, 5) is 14.8. The van der Waals surface area contributed by atoms with Gasteiger partial charge in [0.05, 0.1) is 18.3 Å². The summed E-state index contributed by atoms with van der Waals surface area (Å²) < 4.78 is 13.0. The van der Waals surface area contributed by atoms with Crippen molar-refractivity contribution in [2.45, 2.75) is 19.5 Å². The third-order valence-electron chi connectivity index (χ3n) is 1.68. The van der Waals surface area contributed by atoms with Crippen LogP contribution in [0.4, 0.5) is 4.39 Å². The van der Waals surface area contributed by atoms with E-state index in [2.05, 4.69) is 10.3 Å². The fraction of sp³-hybridized carbons (Fsp3) is 0.333. The van der Waals surface area contributed by atoms with Crippen LogP contribution >= 0.6 is 0 Å². The van der Waals surface area contributed by atoms with Crippen molar-refractivity contribution in [3.63, 3.8) is 0 Å². The number of rotatable bonds is 3.